The van der Waals surface area contributed by atoms with Crippen molar-refractivity contribution >= 4 is 11.9 Å². The number of aromatic nitrogens is 1. The molecule has 1 heterocycles. The zero-order valence-electron chi connectivity index (χ0n) is 17.6. The zero-order chi connectivity index (χ0) is 21.9. The van der Waals surface area contributed by atoms with Crippen LogP contribution < -0.4 is 0 Å². The second kappa shape index (κ2) is 11.9. The van der Waals surface area contributed by atoms with Gasteiger partial charge in [-0.15, -0.1) is 0 Å². The van der Waals surface area contributed by atoms with Gasteiger partial charge < -0.3 is 19.6 Å². The summed E-state index contributed by atoms with van der Waals surface area (Å²) in [7, 11) is 0. The number of aliphatic carboxylic acids is 2. The van der Waals surface area contributed by atoms with Gasteiger partial charge in [-0.25, -0.2) is 9.59 Å². The second-order valence-corrected chi connectivity index (χ2v) is 7.26. The van der Waals surface area contributed by atoms with Gasteiger partial charge in [-0.2, -0.15) is 0 Å². The molecule has 1 atom stereocenters. The van der Waals surface area contributed by atoms with Gasteiger partial charge in [-0.05, 0) is 56.3 Å². The van der Waals surface area contributed by atoms with Crippen molar-refractivity contribution in [2.24, 2.45) is 0 Å². The first kappa shape index (κ1) is 23.3. The van der Waals surface area contributed by atoms with E-state index in [0.29, 0.717) is 18.2 Å². The van der Waals surface area contributed by atoms with Crippen molar-refractivity contribution in [3.63, 3.8) is 0 Å². The van der Waals surface area contributed by atoms with Crippen molar-refractivity contribution in [2.45, 2.75) is 52.0 Å². The molecule has 0 saturated carbocycles. The van der Waals surface area contributed by atoms with Crippen molar-refractivity contribution in [3.05, 3.63) is 53.7 Å². The van der Waals surface area contributed by atoms with Gasteiger partial charge in [-0.1, -0.05) is 37.2 Å². The summed E-state index contributed by atoms with van der Waals surface area (Å²) in [5, 5.41) is 19.5. The lowest BCUT2D eigenvalue weighted by Gasteiger charge is -2.35. The number of nitrogens with zero attached hydrogens (tertiary/aromatic N) is 2. The van der Waals surface area contributed by atoms with Crippen molar-refractivity contribution in [2.75, 3.05) is 13.1 Å². The van der Waals surface area contributed by atoms with Crippen LogP contribution in [0.1, 0.15) is 44.2 Å². The molecule has 30 heavy (non-hydrogen) atoms. The number of hydrogen-bond acceptors (Lipinski definition) is 5. The van der Waals surface area contributed by atoms with Gasteiger partial charge in [-0.3, -0.25) is 0 Å². The molecule has 2 N–H and O–H groups in total. The first-order valence-electron chi connectivity index (χ1n) is 10.4. The van der Waals surface area contributed by atoms with Gasteiger partial charge in [0.25, 0.3) is 0 Å². The Balaban J connectivity index is 0.000000343. The maximum Gasteiger partial charge on any atom is 0.328 e. The standard InChI is InChI=1S/C19H26N2O.C4H4O4/c1-3-12-21(13-4-2)16-9-8-15-6-5-7-17(18(15)14-16)19-10-11-20-22-19;5-3(6)1-2-4(7)8/h5-7,10-11,16H,3-4,8-9,12-14H2,1-2H3;1-2H,(H,5,6)(H,7,8)/b;2-1-/t16-;/m1./s1. The molecule has 0 fully saturated rings. The van der Waals surface area contributed by atoms with E-state index >= 15 is 0 Å². The van der Waals surface area contributed by atoms with Crippen LogP contribution in [0.5, 0.6) is 0 Å². The van der Waals surface area contributed by atoms with Crippen LogP contribution in [0, 0.1) is 0 Å². The van der Waals surface area contributed by atoms with Gasteiger partial charge in [0.05, 0.1) is 6.20 Å². The third-order valence-electron chi connectivity index (χ3n) is 5.07. The van der Waals surface area contributed by atoms with E-state index in [-0.39, 0.29) is 0 Å². The summed E-state index contributed by atoms with van der Waals surface area (Å²) >= 11 is 0. The number of fused-ring (bicyclic) bond motifs is 1. The molecule has 0 unspecified atom stereocenters. The summed E-state index contributed by atoms with van der Waals surface area (Å²) < 4.78 is 5.41. The normalized spacial score (nSPS) is 15.5. The van der Waals surface area contributed by atoms with E-state index < -0.39 is 11.9 Å². The maximum absolute atomic E-state index is 9.55. The van der Waals surface area contributed by atoms with E-state index in [1.165, 1.54) is 55.5 Å². The molecule has 7 heteroatoms. The summed E-state index contributed by atoms with van der Waals surface area (Å²) in [6.45, 7) is 6.97. The molecule has 0 spiro atoms. The number of rotatable bonds is 8. The number of carboxylic acids is 2. The van der Waals surface area contributed by atoms with E-state index in [1.54, 1.807) is 6.20 Å². The van der Waals surface area contributed by atoms with Gasteiger partial charge in [0.15, 0.2) is 5.76 Å². The Kier molecular flexibility index (Phi) is 9.28. The molecule has 1 aromatic carbocycles. The molecule has 162 valence electrons. The van der Waals surface area contributed by atoms with Gasteiger partial charge in [0, 0.05) is 29.8 Å². The van der Waals surface area contributed by atoms with Crippen molar-refractivity contribution in [1.29, 1.82) is 0 Å². The molecular weight excluding hydrogens is 384 g/mol. The lowest BCUT2D eigenvalue weighted by molar-refractivity contribution is -0.134. The third kappa shape index (κ3) is 6.84. The summed E-state index contributed by atoms with van der Waals surface area (Å²) in [5.74, 6) is -1.62. The van der Waals surface area contributed by atoms with Crippen LogP contribution in [0.4, 0.5) is 0 Å². The average molecular weight is 415 g/mol. The fourth-order valence-corrected chi connectivity index (χ4v) is 3.86. The van der Waals surface area contributed by atoms with Crippen molar-refractivity contribution in [3.8, 4) is 11.3 Å². The van der Waals surface area contributed by atoms with Crippen LogP contribution in [0.2, 0.25) is 0 Å². The minimum absolute atomic E-state index is 0.558. The predicted molar refractivity (Wildman–Crippen MR) is 114 cm³/mol. The minimum Gasteiger partial charge on any atom is -0.478 e. The van der Waals surface area contributed by atoms with E-state index in [4.69, 9.17) is 14.7 Å². The largest absolute Gasteiger partial charge is 0.478 e. The maximum atomic E-state index is 9.55. The molecule has 0 aliphatic heterocycles. The zero-order valence-corrected chi connectivity index (χ0v) is 17.6. The van der Waals surface area contributed by atoms with Crippen molar-refractivity contribution in [1.82, 2.24) is 10.1 Å². The number of carbonyl (C=O) groups is 2. The molecule has 0 bridgehead atoms. The average Bonchev–Trinajstić information content (AvgIpc) is 3.26. The molecule has 7 nitrogen and oxygen atoms in total. The van der Waals surface area contributed by atoms with E-state index in [2.05, 4.69) is 42.1 Å². The molecule has 0 saturated heterocycles. The Labute approximate surface area is 177 Å². The first-order valence-corrected chi connectivity index (χ1v) is 10.4. The second-order valence-electron chi connectivity index (χ2n) is 7.26. The highest BCUT2D eigenvalue weighted by Gasteiger charge is 2.26. The molecule has 1 aliphatic rings. The Morgan fingerprint density at radius 2 is 1.80 bits per heavy atom. The van der Waals surface area contributed by atoms with Crippen LogP contribution in [-0.4, -0.2) is 51.3 Å². The molecule has 0 amide bonds. The number of aryl methyl sites for hydroxylation is 1. The minimum atomic E-state index is -1.26. The quantitative estimate of drug-likeness (QED) is 0.628. The van der Waals surface area contributed by atoms with Crippen molar-refractivity contribution < 1.29 is 24.3 Å². The van der Waals surface area contributed by atoms with E-state index in [9.17, 15) is 9.59 Å². The topological polar surface area (TPSA) is 104 Å². The van der Waals surface area contributed by atoms with Gasteiger partial charge >= 0.3 is 11.9 Å². The summed E-state index contributed by atoms with van der Waals surface area (Å²) in [6, 6.07) is 9.22. The highest BCUT2D eigenvalue weighted by molar-refractivity contribution is 5.89. The molecule has 2 aromatic rings. The van der Waals surface area contributed by atoms with Crippen LogP contribution >= 0.6 is 0 Å². The Morgan fingerprint density at radius 1 is 1.13 bits per heavy atom. The molecule has 1 aliphatic carbocycles. The van der Waals surface area contributed by atoms with Crippen LogP contribution in [0.3, 0.4) is 0 Å². The van der Waals surface area contributed by atoms with Gasteiger partial charge in [0.1, 0.15) is 0 Å². The molecule has 0 radical (unpaired) electrons. The molecular formula is C23H30N2O5. The van der Waals surface area contributed by atoms with E-state index in [0.717, 1.165) is 12.2 Å². The monoisotopic (exact) mass is 414 g/mol. The Bertz CT molecular complexity index is 823. The predicted octanol–water partition coefficient (Wildman–Crippen LogP) is 4.03. The molecule has 3 rings (SSSR count). The van der Waals surface area contributed by atoms with Crippen LogP contribution in [0.25, 0.3) is 11.3 Å². The SMILES string of the molecule is CCCN(CCC)[C@@H]1CCc2cccc(-c3ccno3)c2C1.O=C(O)/C=C\C(=O)O. The first-order chi connectivity index (χ1) is 14.5. The highest BCUT2D eigenvalue weighted by atomic mass is 16.5. The number of hydrogen-bond donors (Lipinski definition) is 2. The third-order valence-corrected chi connectivity index (χ3v) is 5.07. The Morgan fingerprint density at radius 3 is 2.33 bits per heavy atom. The lowest BCUT2D eigenvalue weighted by atomic mass is 9.84. The fourth-order valence-electron chi connectivity index (χ4n) is 3.86. The smallest absolute Gasteiger partial charge is 0.328 e. The summed E-state index contributed by atoms with van der Waals surface area (Å²) in [5.41, 5.74) is 4.18. The lowest BCUT2D eigenvalue weighted by Crippen LogP contribution is -2.40. The highest BCUT2D eigenvalue weighted by Crippen LogP contribution is 2.33. The van der Waals surface area contributed by atoms with Gasteiger partial charge in [0.2, 0.25) is 0 Å². The number of benzene rings is 1. The Hall–Kier alpha value is -2.93. The van der Waals surface area contributed by atoms with Crippen LogP contribution in [0.15, 0.2) is 47.1 Å². The van der Waals surface area contributed by atoms with E-state index in [1.807, 2.05) is 6.07 Å². The van der Waals surface area contributed by atoms with Crippen LogP contribution in [-0.2, 0) is 22.4 Å². The molecule has 1 aromatic heterocycles. The fraction of sp³-hybridized carbons (Fsp3) is 0.435. The number of carboxylic acid groups (broad SMARTS) is 2. The summed E-state index contributed by atoms with van der Waals surface area (Å²) in [6.07, 6.45) is 8.88. The summed E-state index contributed by atoms with van der Waals surface area (Å²) in [4.78, 5) is 21.8.